The number of rotatable bonds is 2. The van der Waals surface area contributed by atoms with Crippen molar-refractivity contribution in [3.63, 3.8) is 0 Å². The molecule has 1 nitrogen and oxygen atoms in total. The standard InChI is InChI=1S/C10H19N/c1-8(2)6-10(3)5-4-9(11)7-10/h9H,1,4-7,11H2,2-3H3. The summed E-state index contributed by atoms with van der Waals surface area (Å²) >= 11 is 0. The van der Waals surface area contributed by atoms with Crippen LogP contribution in [0.4, 0.5) is 0 Å². The van der Waals surface area contributed by atoms with Crippen LogP contribution in [0, 0.1) is 5.41 Å². The third-order valence-corrected chi connectivity index (χ3v) is 2.60. The van der Waals surface area contributed by atoms with Crippen LogP contribution in [0.3, 0.4) is 0 Å². The van der Waals surface area contributed by atoms with Crippen LogP contribution in [-0.2, 0) is 0 Å². The summed E-state index contributed by atoms with van der Waals surface area (Å²) in [6.45, 7) is 8.38. The minimum absolute atomic E-state index is 0.444. The van der Waals surface area contributed by atoms with Crippen LogP contribution in [0.5, 0.6) is 0 Å². The number of nitrogens with two attached hydrogens (primary N) is 1. The first-order valence-corrected chi connectivity index (χ1v) is 4.42. The Hall–Kier alpha value is -0.300. The lowest BCUT2D eigenvalue weighted by Crippen LogP contribution is -2.19. The molecule has 0 bridgehead atoms. The van der Waals surface area contributed by atoms with E-state index in [0.717, 1.165) is 6.42 Å². The molecule has 0 spiro atoms. The first-order chi connectivity index (χ1) is 5.02. The second-order valence-corrected chi connectivity index (χ2v) is 4.45. The first kappa shape index (κ1) is 8.79. The largest absolute Gasteiger partial charge is 0.328 e. The molecular weight excluding hydrogens is 134 g/mol. The van der Waals surface area contributed by atoms with Gasteiger partial charge >= 0.3 is 0 Å². The molecule has 0 radical (unpaired) electrons. The Morgan fingerprint density at radius 3 is 2.73 bits per heavy atom. The maximum Gasteiger partial charge on any atom is 0.00443 e. The molecule has 1 aliphatic rings. The molecule has 0 aromatic carbocycles. The van der Waals surface area contributed by atoms with Gasteiger partial charge in [0.1, 0.15) is 0 Å². The van der Waals surface area contributed by atoms with Crippen molar-refractivity contribution in [2.45, 2.75) is 45.6 Å². The van der Waals surface area contributed by atoms with Crippen molar-refractivity contribution >= 4 is 0 Å². The highest BCUT2D eigenvalue weighted by Crippen LogP contribution is 2.41. The molecule has 0 aromatic heterocycles. The van der Waals surface area contributed by atoms with E-state index in [9.17, 15) is 0 Å². The zero-order chi connectivity index (χ0) is 8.48. The van der Waals surface area contributed by atoms with Crippen LogP contribution < -0.4 is 5.73 Å². The summed E-state index contributed by atoms with van der Waals surface area (Å²) in [4.78, 5) is 0. The Kier molecular flexibility index (Phi) is 2.38. The van der Waals surface area contributed by atoms with Crippen LogP contribution in [0.1, 0.15) is 39.5 Å². The maximum atomic E-state index is 5.86. The molecule has 1 rings (SSSR count). The van der Waals surface area contributed by atoms with Crippen LogP contribution in [0.25, 0.3) is 0 Å². The van der Waals surface area contributed by atoms with Crippen molar-refractivity contribution < 1.29 is 0 Å². The van der Waals surface area contributed by atoms with Gasteiger partial charge in [-0.2, -0.15) is 0 Å². The molecule has 1 saturated carbocycles. The lowest BCUT2D eigenvalue weighted by atomic mass is 9.82. The van der Waals surface area contributed by atoms with Gasteiger partial charge in [-0.3, -0.25) is 0 Å². The van der Waals surface area contributed by atoms with Crippen molar-refractivity contribution in [2.75, 3.05) is 0 Å². The van der Waals surface area contributed by atoms with Gasteiger partial charge in [-0.15, -0.1) is 6.58 Å². The fourth-order valence-electron chi connectivity index (χ4n) is 2.26. The minimum atomic E-state index is 0.444. The molecule has 0 amide bonds. The Morgan fingerprint density at radius 2 is 2.36 bits per heavy atom. The predicted octanol–water partition coefficient (Wildman–Crippen LogP) is 2.47. The molecule has 0 aromatic rings. The van der Waals surface area contributed by atoms with Gasteiger partial charge in [0.25, 0.3) is 0 Å². The summed E-state index contributed by atoms with van der Waals surface area (Å²) in [5, 5.41) is 0. The van der Waals surface area contributed by atoms with E-state index < -0.39 is 0 Å². The van der Waals surface area contributed by atoms with Gasteiger partial charge in [-0.25, -0.2) is 0 Å². The zero-order valence-corrected chi connectivity index (χ0v) is 7.69. The summed E-state index contributed by atoms with van der Waals surface area (Å²) in [6.07, 6.45) is 4.81. The SMILES string of the molecule is C=C(C)CC1(C)CCC(N)C1. The Balaban J connectivity index is 2.48. The van der Waals surface area contributed by atoms with Crippen LogP contribution >= 0.6 is 0 Å². The Bertz CT molecular complexity index is 162. The topological polar surface area (TPSA) is 26.0 Å². The summed E-state index contributed by atoms with van der Waals surface area (Å²) < 4.78 is 0. The summed E-state index contributed by atoms with van der Waals surface area (Å²) in [5.41, 5.74) is 7.61. The second kappa shape index (κ2) is 2.98. The molecule has 1 fully saturated rings. The van der Waals surface area contributed by atoms with Gasteiger partial charge < -0.3 is 5.73 Å². The van der Waals surface area contributed by atoms with E-state index in [0.29, 0.717) is 11.5 Å². The van der Waals surface area contributed by atoms with E-state index >= 15 is 0 Å². The molecule has 2 N–H and O–H groups in total. The molecule has 0 saturated heterocycles. The molecule has 2 unspecified atom stereocenters. The fraction of sp³-hybridized carbons (Fsp3) is 0.800. The van der Waals surface area contributed by atoms with E-state index in [4.69, 9.17) is 5.73 Å². The summed E-state index contributed by atoms with van der Waals surface area (Å²) in [5.74, 6) is 0. The molecule has 2 atom stereocenters. The number of hydrogen-bond acceptors (Lipinski definition) is 1. The normalized spacial score (nSPS) is 37.5. The average molecular weight is 153 g/mol. The van der Waals surface area contributed by atoms with Gasteiger partial charge in [0.2, 0.25) is 0 Å². The average Bonchev–Trinajstić information content (AvgIpc) is 2.08. The van der Waals surface area contributed by atoms with Gasteiger partial charge in [0.05, 0.1) is 0 Å². The summed E-state index contributed by atoms with van der Waals surface area (Å²) in [7, 11) is 0. The van der Waals surface area contributed by atoms with Gasteiger partial charge in [-0.05, 0) is 38.0 Å². The van der Waals surface area contributed by atoms with Crippen molar-refractivity contribution in [3.05, 3.63) is 12.2 Å². The molecule has 1 aliphatic carbocycles. The van der Waals surface area contributed by atoms with Crippen molar-refractivity contribution in [2.24, 2.45) is 11.1 Å². The van der Waals surface area contributed by atoms with E-state index in [1.54, 1.807) is 0 Å². The van der Waals surface area contributed by atoms with Crippen LogP contribution in [-0.4, -0.2) is 6.04 Å². The van der Waals surface area contributed by atoms with Crippen LogP contribution in [0.15, 0.2) is 12.2 Å². The van der Waals surface area contributed by atoms with E-state index in [2.05, 4.69) is 20.4 Å². The Labute approximate surface area is 69.7 Å². The Morgan fingerprint density at radius 1 is 1.73 bits per heavy atom. The molecule has 1 heteroatoms. The minimum Gasteiger partial charge on any atom is -0.328 e. The fourth-order valence-corrected chi connectivity index (χ4v) is 2.26. The lowest BCUT2D eigenvalue weighted by molar-refractivity contribution is 0.329. The van der Waals surface area contributed by atoms with Gasteiger partial charge in [-0.1, -0.05) is 12.5 Å². The van der Waals surface area contributed by atoms with Crippen molar-refractivity contribution in [1.82, 2.24) is 0 Å². The molecule has 0 aliphatic heterocycles. The molecule has 64 valence electrons. The van der Waals surface area contributed by atoms with Crippen molar-refractivity contribution in [3.8, 4) is 0 Å². The smallest absolute Gasteiger partial charge is 0.00443 e. The number of hydrogen-bond donors (Lipinski definition) is 1. The van der Waals surface area contributed by atoms with E-state index in [1.165, 1.54) is 24.8 Å². The highest BCUT2D eigenvalue weighted by Gasteiger charge is 2.32. The highest BCUT2D eigenvalue weighted by atomic mass is 14.7. The van der Waals surface area contributed by atoms with Crippen molar-refractivity contribution in [1.29, 1.82) is 0 Å². The monoisotopic (exact) mass is 153 g/mol. The van der Waals surface area contributed by atoms with E-state index in [1.807, 2.05) is 0 Å². The van der Waals surface area contributed by atoms with Gasteiger partial charge in [0, 0.05) is 6.04 Å². The van der Waals surface area contributed by atoms with Crippen LogP contribution in [0.2, 0.25) is 0 Å². The van der Waals surface area contributed by atoms with E-state index in [-0.39, 0.29) is 0 Å². The third-order valence-electron chi connectivity index (χ3n) is 2.60. The quantitative estimate of drug-likeness (QED) is 0.606. The zero-order valence-electron chi connectivity index (χ0n) is 7.69. The maximum absolute atomic E-state index is 5.86. The second-order valence-electron chi connectivity index (χ2n) is 4.45. The third kappa shape index (κ3) is 2.33. The first-order valence-electron chi connectivity index (χ1n) is 4.42. The predicted molar refractivity (Wildman–Crippen MR) is 49.4 cm³/mol. The molecule has 11 heavy (non-hydrogen) atoms. The summed E-state index contributed by atoms with van der Waals surface area (Å²) in [6, 6.07) is 0.444. The number of allylic oxidation sites excluding steroid dienone is 1. The molecular formula is C10H19N. The molecule has 0 heterocycles. The highest BCUT2D eigenvalue weighted by molar-refractivity contribution is 4.99. The lowest BCUT2D eigenvalue weighted by Gasteiger charge is -2.23. The van der Waals surface area contributed by atoms with Gasteiger partial charge in [0.15, 0.2) is 0 Å².